The van der Waals surface area contributed by atoms with E-state index in [2.05, 4.69) is 20.8 Å². The van der Waals surface area contributed by atoms with Crippen molar-refractivity contribution in [2.24, 2.45) is 5.10 Å². The minimum Gasteiger partial charge on any atom is -0.493 e. The van der Waals surface area contributed by atoms with Gasteiger partial charge in [-0.1, -0.05) is 13.8 Å². The summed E-state index contributed by atoms with van der Waals surface area (Å²) in [6, 6.07) is 10.8. The van der Waals surface area contributed by atoms with Gasteiger partial charge >= 0.3 is 11.9 Å². The number of hydrazone groups is 1. The van der Waals surface area contributed by atoms with Gasteiger partial charge in [-0.15, -0.1) is 10.2 Å². The molecule has 0 fully saturated rings. The molecule has 14 heteroatoms. The molecule has 0 unspecified atom stereocenters. The smallest absolute Gasteiger partial charge is 0.335 e. The van der Waals surface area contributed by atoms with Gasteiger partial charge in [0.1, 0.15) is 0 Å². The Hall–Kier alpha value is -5.79. The van der Waals surface area contributed by atoms with Crippen LogP contribution >= 0.6 is 0 Å². The van der Waals surface area contributed by atoms with Gasteiger partial charge in [0, 0.05) is 12.8 Å². The Bertz CT molecular complexity index is 1660. The lowest BCUT2D eigenvalue weighted by Gasteiger charge is -2.11. The van der Waals surface area contributed by atoms with E-state index in [9.17, 15) is 39.3 Å². The Kier molecular flexibility index (Phi) is 8.99. The number of amides is 3. The molecule has 1 aliphatic rings. The van der Waals surface area contributed by atoms with E-state index in [1.165, 1.54) is 54.6 Å². The molecule has 0 saturated heterocycles. The van der Waals surface area contributed by atoms with Crippen molar-refractivity contribution in [3.05, 3.63) is 70.8 Å². The number of rotatable bonds is 10. The minimum atomic E-state index is -1.15. The van der Waals surface area contributed by atoms with Gasteiger partial charge in [-0.05, 0) is 67.4 Å². The van der Waals surface area contributed by atoms with Crippen LogP contribution in [-0.4, -0.2) is 60.6 Å². The SMILES string of the molecule is CCCC(=O)NC1=NN(c2ccc(C(=O)O)cc2)C(=O)C1=Cc1c(NC(=O)CCC)nn(-c2ccc(C(=O)O)cc2)c1O. The first-order valence-corrected chi connectivity index (χ1v) is 13.3. The van der Waals surface area contributed by atoms with E-state index in [0.29, 0.717) is 12.8 Å². The Morgan fingerprint density at radius 1 is 0.814 bits per heavy atom. The number of carbonyl (C=O) groups is 5. The zero-order chi connectivity index (χ0) is 31.3. The number of benzene rings is 2. The van der Waals surface area contributed by atoms with Crippen LogP contribution in [-0.2, 0) is 14.4 Å². The molecule has 5 N–H and O–H groups in total. The molecule has 0 radical (unpaired) electrons. The average molecular weight is 589 g/mol. The molecule has 222 valence electrons. The standard InChI is InChI=1S/C29H28N6O8/c1-3-5-22(36)30-24-20(26(38)34(32-24)18-11-7-16(8-12-18)28(40)41)15-21-25(31-23(37)6-4-2)33-35(27(21)39)19-13-9-17(10-14-19)29(42)43/h7-15,38H,3-6H2,1-2H3,(H,40,41)(H,42,43)(H,30,32,36)(H,31,33,37). The van der Waals surface area contributed by atoms with E-state index in [4.69, 9.17) is 0 Å². The molecule has 4 rings (SSSR count). The first kappa shape index (κ1) is 30.2. The number of carbonyl (C=O) groups excluding carboxylic acids is 3. The highest BCUT2D eigenvalue weighted by molar-refractivity contribution is 6.34. The fourth-order valence-electron chi connectivity index (χ4n) is 4.12. The number of nitrogens with one attached hydrogen (secondary N) is 2. The number of aromatic hydroxyl groups is 1. The predicted molar refractivity (Wildman–Crippen MR) is 155 cm³/mol. The molecule has 1 aromatic heterocycles. The van der Waals surface area contributed by atoms with Crippen molar-refractivity contribution in [1.29, 1.82) is 0 Å². The van der Waals surface area contributed by atoms with Crippen molar-refractivity contribution in [2.45, 2.75) is 39.5 Å². The van der Waals surface area contributed by atoms with Crippen LogP contribution in [0.1, 0.15) is 65.8 Å². The fraction of sp³-hybridized carbons (Fsp3) is 0.207. The zero-order valence-corrected chi connectivity index (χ0v) is 23.2. The average Bonchev–Trinajstić information content (AvgIpc) is 3.44. The lowest BCUT2D eigenvalue weighted by Crippen LogP contribution is -2.31. The van der Waals surface area contributed by atoms with Gasteiger partial charge in [0.05, 0.1) is 33.6 Å². The Balaban J connectivity index is 1.82. The van der Waals surface area contributed by atoms with Crippen LogP contribution in [0.4, 0.5) is 11.5 Å². The minimum absolute atomic E-state index is 0.00548. The van der Waals surface area contributed by atoms with Crippen molar-refractivity contribution in [3.63, 3.8) is 0 Å². The number of carboxylic acids is 2. The molecule has 1 aliphatic heterocycles. The Labute approximate surface area is 244 Å². The summed E-state index contributed by atoms with van der Waals surface area (Å²) in [7, 11) is 0. The summed E-state index contributed by atoms with van der Waals surface area (Å²) in [4.78, 5) is 61.2. The molecular weight excluding hydrogens is 560 g/mol. The van der Waals surface area contributed by atoms with E-state index >= 15 is 0 Å². The van der Waals surface area contributed by atoms with Gasteiger partial charge in [0.2, 0.25) is 17.7 Å². The molecule has 3 amide bonds. The van der Waals surface area contributed by atoms with Gasteiger partial charge in [0.15, 0.2) is 11.7 Å². The summed E-state index contributed by atoms with van der Waals surface area (Å²) in [6.45, 7) is 3.61. The summed E-state index contributed by atoms with van der Waals surface area (Å²) >= 11 is 0. The second kappa shape index (κ2) is 12.8. The van der Waals surface area contributed by atoms with E-state index in [1.54, 1.807) is 13.8 Å². The lowest BCUT2D eigenvalue weighted by atomic mass is 10.1. The predicted octanol–water partition coefficient (Wildman–Crippen LogP) is 3.37. The maximum absolute atomic E-state index is 13.6. The zero-order valence-electron chi connectivity index (χ0n) is 23.2. The monoisotopic (exact) mass is 588 g/mol. The summed E-state index contributed by atoms with van der Waals surface area (Å²) in [5, 5.41) is 44.4. The van der Waals surface area contributed by atoms with E-state index in [-0.39, 0.29) is 58.1 Å². The van der Waals surface area contributed by atoms with Crippen LogP contribution in [0.5, 0.6) is 5.88 Å². The first-order chi connectivity index (χ1) is 20.5. The van der Waals surface area contributed by atoms with Crippen LogP contribution < -0.4 is 15.6 Å². The van der Waals surface area contributed by atoms with Gasteiger partial charge in [-0.25, -0.2) is 9.59 Å². The van der Waals surface area contributed by atoms with Crippen LogP contribution in [0.2, 0.25) is 0 Å². The number of carboxylic acid groups (broad SMARTS) is 2. The van der Waals surface area contributed by atoms with Crippen molar-refractivity contribution in [1.82, 2.24) is 15.1 Å². The van der Waals surface area contributed by atoms with Gasteiger partial charge in [0.25, 0.3) is 5.91 Å². The normalized spacial score (nSPS) is 13.6. The third kappa shape index (κ3) is 6.59. The third-order valence-electron chi connectivity index (χ3n) is 6.25. The Morgan fingerprint density at radius 3 is 1.84 bits per heavy atom. The molecule has 2 aromatic carbocycles. The molecular formula is C29H28N6O8. The molecule has 3 aromatic rings. The van der Waals surface area contributed by atoms with Crippen molar-refractivity contribution >= 4 is 53.1 Å². The number of hydrogen-bond acceptors (Lipinski definition) is 8. The molecule has 0 aliphatic carbocycles. The number of anilines is 2. The molecule has 0 atom stereocenters. The number of hydrogen-bond donors (Lipinski definition) is 5. The molecule has 0 bridgehead atoms. The van der Waals surface area contributed by atoms with Crippen LogP contribution in [0.15, 0.2) is 59.2 Å². The Morgan fingerprint density at radius 2 is 1.33 bits per heavy atom. The van der Waals surface area contributed by atoms with Gasteiger partial charge in [-0.3, -0.25) is 14.4 Å². The lowest BCUT2D eigenvalue weighted by molar-refractivity contribution is -0.119. The maximum Gasteiger partial charge on any atom is 0.335 e. The maximum atomic E-state index is 13.6. The van der Waals surface area contributed by atoms with Crippen molar-refractivity contribution < 1.29 is 39.3 Å². The molecule has 0 spiro atoms. The van der Waals surface area contributed by atoms with Gasteiger partial charge in [-0.2, -0.15) is 9.69 Å². The largest absolute Gasteiger partial charge is 0.493 e. The quantitative estimate of drug-likeness (QED) is 0.220. The van der Waals surface area contributed by atoms with Crippen molar-refractivity contribution in [2.75, 3.05) is 10.3 Å². The van der Waals surface area contributed by atoms with Crippen molar-refractivity contribution in [3.8, 4) is 11.6 Å². The fourth-order valence-corrected chi connectivity index (χ4v) is 4.12. The van der Waals surface area contributed by atoms with Crippen LogP contribution in [0, 0.1) is 0 Å². The summed E-state index contributed by atoms with van der Waals surface area (Å²) in [5.74, 6) is -4.55. The number of nitrogens with zero attached hydrogens (tertiary/aromatic N) is 4. The molecule has 43 heavy (non-hydrogen) atoms. The van der Waals surface area contributed by atoms with Gasteiger partial charge < -0.3 is 26.0 Å². The first-order valence-electron chi connectivity index (χ1n) is 13.3. The number of aromatic nitrogens is 2. The summed E-state index contributed by atoms with van der Waals surface area (Å²) in [5.41, 5.74) is 0.264. The van der Waals surface area contributed by atoms with E-state index in [1.807, 2.05) is 0 Å². The van der Waals surface area contributed by atoms with E-state index in [0.717, 1.165) is 9.69 Å². The highest BCUT2D eigenvalue weighted by atomic mass is 16.4. The third-order valence-corrected chi connectivity index (χ3v) is 6.25. The second-order valence-corrected chi connectivity index (χ2v) is 9.42. The highest BCUT2D eigenvalue weighted by Gasteiger charge is 2.34. The van der Waals surface area contributed by atoms with E-state index < -0.39 is 35.5 Å². The molecule has 0 saturated carbocycles. The van der Waals surface area contributed by atoms with Crippen LogP contribution in [0.3, 0.4) is 0 Å². The topological polar surface area (TPSA) is 204 Å². The highest BCUT2D eigenvalue weighted by Crippen LogP contribution is 2.33. The second-order valence-electron chi connectivity index (χ2n) is 9.42. The molecule has 14 nitrogen and oxygen atoms in total. The van der Waals surface area contributed by atoms with Crippen LogP contribution in [0.25, 0.3) is 11.8 Å². The molecule has 2 heterocycles. The summed E-state index contributed by atoms with van der Waals surface area (Å²) < 4.78 is 1.06. The number of aromatic carboxylic acids is 2. The summed E-state index contributed by atoms with van der Waals surface area (Å²) in [6.07, 6.45) is 2.57. The number of amidine groups is 1.